The minimum absolute atomic E-state index is 0.0383. The Morgan fingerprint density at radius 1 is 1.00 bits per heavy atom. The van der Waals surface area contributed by atoms with Gasteiger partial charge in [-0.3, -0.25) is 4.79 Å². The van der Waals surface area contributed by atoms with E-state index in [0.29, 0.717) is 27.6 Å². The van der Waals surface area contributed by atoms with Gasteiger partial charge >= 0.3 is 0 Å². The van der Waals surface area contributed by atoms with Gasteiger partial charge in [0.05, 0.1) is 0 Å². The van der Waals surface area contributed by atoms with Crippen molar-refractivity contribution in [2.75, 3.05) is 18.0 Å². The van der Waals surface area contributed by atoms with Crippen molar-refractivity contribution < 1.29 is 4.79 Å². The number of benzene rings is 2. The Morgan fingerprint density at radius 3 is 2.45 bits per heavy atom. The highest BCUT2D eigenvalue weighted by Gasteiger charge is 2.26. The molecule has 3 aromatic rings. The van der Waals surface area contributed by atoms with E-state index in [-0.39, 0.29) is 11.8 Å². The van der Waals surface area contributed by atoms with Crippen LogP contribution in [0.25, 0.3) is 11.4 Å². The van der Waals surface area contributed by atoms with Gasteiger partial charge in [-0.2, -0.15) is 0 Å². The highest BCUT2D eigenvalue weighted by molar-refractivity contribution is 6.35. The summed E-state index contributed by atoms with van der Waals surface area (Å²) in [6.07, 6.45) is 1.48. The molecule has 0 unspecified atom stereocenters. The van der Waals surface area contributed by atoms with Gasteiger partial charge in [0.2, 0.25) is 5.91 Å². The molecule has 1 aliphatic heterocycles. The molecule has 1 amide bonds. The summed E-state index contributed by atoms with van der Waals surface area (Å²) in [5, 5.41) is 4.53. The van der Waals surface area contributed by atoms with E-state index in [4.69, 9.17) is 39.8 Å². The van der Waals surface area contributed by atoms with Crippen LogP contribution in [0.3, 0.4) is 0 Å². The molecule has 2 heterocycles. The maximum Gasteiger partial charge on any atom is 0.223 e. The van der Waals surface area contributed by atoms with Crippen molar-refractivity contribution in [1.29, 1.82) is 0 Å². The predicted octanol–water partition coefficient (Wildman–Crippen LogP) is 5.64. The van der Waals surface area contributed by atoms with E-state index >= 15 is 0 Å². The fourth-order valence-electron chi connectivity index (χ4n) is 3.65. The first-order valence-corrected chi connectivity index (χ1v) is 11.2. The first-order chi connectivity index (χ1) is 15.0. The molecule has 1 saturated heterocycles. The number of nitrogens with one attached hydrogen (secondary N) is 1. The fourth-order valence-corrected chi connectivity index (χ4v) is 4.30. The van der Waals surface area contributed by atoms with Crippen LogP contribution in [0.5, 0.6) is 0 Å². The molecule has 0 radical (unpaired) electrons. The average Bonchev–Trinajstić information content (AvgIpc) is 2.78. The highest BCUT2D eigenvalue weighted by Crippen LogP contribution is 2.27. The van der Waals surface area contributed by atoms with Crippen molar-refractivity contribution >= 4 is 46.5 Å². The van der Waals surface area contributed by atoms with Crippen molar-refractivity contribution in [1.82, 2.24) is 15.3 Å². The van der Waals surface area contributed by atoms with Crippen LogP contribution in [0.2, 0.25) is 15.2 Å². The first-order valence-electron chi connectivity index (χ1n) is 10.1. The topological polar surface area (TPSA) is 58.1 Å². The van der Waals surface area contributed by atoms with Crippen molar-refractivity contribution in [2.24, 2.45) is 5.92 Å². The molecule has 8 heteroatoms. The zero-order valence-electron chi connectivity index (χ0n) is 16.7. The third kappa shape index (κ3) is 5.48. The number of amides is 1. The SMILES string of the molecule is O=C(NCc1ccc(Cl)cc1Cl)C1CCN(c2cc(Cl)nc(-c3ccccc3)n2)CC1. The number of carbonyl (C=O) groups excluding carboxylic acids is 1. The van der Waals surface area contributed by atoms with Crippen LogP contribution in [-0.4, -0.2) is 29.0 Å². The summed E-state index contributed by atoms with van der Waals surface area (Å²) in [7, 11) is 0. The smallest absolute Gasteiger partial charge is 0.223 e. The molecule has 0 spiro atoms. The Bertz CT molecular complexity index is 1070. The zero-order valence-corrected chi connectivity index (χ0v) is 19.0. The summed E-state index contributed by atoms with van der Waals surface area (Å²) in [6.45, 7) is 1.83. The number of nitrogens with zero attached hydrogens (tertiary/aromatic N) is 3. The van der Waals surface area contributed by atoms with E-state index in [0.717, 1.165) is 42.9 Å². The van der Waals surface area contributed by atoms with Gasteiger partial charge in [0.15, 0.2) is 5.82 Å². The molecule has 160 valence electrons. The summed E-state index contributed by atoms with van der Waals surface area (Å²) in [5.41, 5.74) is 1.77. The molecular formula is C23H21Cl3N4O. The van der Waals surface area contributed by atoms with E-state index < -0.39 is 0 Å². The normalized spacial score (nSPS) is 14.5. The van der Waals surface area contributed by atoms with E-state index in [9.17, 15) is 4.79 Å². The van der Waals surface area contributed by atoms with Crippen LogP contribution in [0, 0.1) is 5.92 Å². The van der Waals surface area contributed by atoms with Gasteiger partial charge in [0.1, 0.15) is 11.0 Å². The molecular weight excluding hydrogens is 455 g/mol. The lowest BCUT2D eigenvalue weighted by Gasteiger charge is -2.32. The first kappa shape index (κ1) is 21.9. The number of halogens is 3. The van der Waals surface area contributed by atoms with Crippen LogP contribution in [0.1, 0.15) is 18.4 Å². The summed E-state index contributed by atoms with van der Waals surface area (Å²) < 4.78 is 0. The quantitative estimate of drug-likeness (QED) is 0.485. The standard InChI is InChI=1S/C23H21Cl3N4O/c24-18-7-6-17(19(25)12-18)14-27-23(31)16-8-10-30(11-9-16)21-13-20(26)28-22(29-21)15-4-2-1-3-5-15/h1-7,12-13,16H,8-11,14H2,(H,27,31). The molecule has 0 bridgehead atoms. The minimum atomic E-state index is -0.0479. The molecule has 1 aromatic heterocycles. The van der Waals surface area contributed by atoms with Crippen LogP contribution < -0.4 is 10.2 Å². The van der Waals surface area contributed by atoms with Gasteiger partial charge in [-0.1, -0.05) is 71.2 Å². The van der Waals surface area contributed by atoms with Gasteiger partial charge in [-0.15, -0.1) is 0 Å². The number of hydrogen-bond donors (Lipinski definition) is 1. The Morgan fingerprint density at radius 2 is 1.74 bits per heavy atom. The molecule has 1 fully saturated rings. The minimum Gasteiger partial charge on any atom is -0.356 e. The maximum absolute atomic E-state index is 12.6. The Kier molecular flexibility index (Phi) is 6.96. The number of carbonyl (C=O) groups is 1. The molecule has 0 aliphatic carbocycles. The molecule has 4 rings (SSSR count). The molecule has 1 N–H and O–H groups in total. The van der Waals surface area contributed by atoms with Gasteiger partial charge in [0, 0.05) is 47.2 Å². The van der Waals surface area contributed by atoms with Crippen LogP contribution in [0.4, 0.5) is 5.82 Å². The predicted molar refractivity (Wildman–Crippen MR) is 126 cm³/mol. The Labute approximate surface area is 196 Å². The van der Waals surface area contributed by atoms with Gasteiger partial charge in [-0.05, 0) is 30.5 Å². The van der Waals surface area contributed by atoms with Crippen LogP contribution in [0.15, 0.2) is 54.6 Å². The molecule has 0 saturated carbocycles. The Hall–Kier alpha value is -2.34. The van der Waals surface area contributed by atoms with Crippen molar-refractivity contribution in [3.8, 4) is 11.4 Å². The second kappa shape index (κ2) is 9.86. The molecule has 1 aliphatic rings. The van der Waals surface area contributed by atoms with Gasteiger partial charge in [-0.25, -0.2) is 9.97 Å². The Balaban J connectivity index is 1.36. The van der Waals surface area contributed by atoms with E-state index in [1.807, 2.05) is 36.4 Å². The van der Waals surface area contributed by atoms with E-state index in [1.54, 1.807) is 18.2 Å². The summed E-state index contributed by atoms with van der Waals surface area (Å²) in [4.78, 5) is 23.8. The average molecular weight is 476 g/mol. The zero-order chi connectivity index (χ0) is 21.8. The summed E-state index contributed by atoms with van der Waals surface area (Å²) >= 11 is 18.4. The third-order valence-corrected chi connectivity index (χ3v) is 6.15. The van der Waals surface area contributed by atoms with E-state index in [1.165, 1.54) is 0 Å². The third-order valence-electron chi connectivity index (χ3n) is 5.37. The lowest BCUT2D eigenvalue weighted by Crippen LogP contribution is -2.40. The number of anilines is 1. The number of aromatic nitrogens is 2. The monoisotopic (exact) mass is 474 g/mol. The second-order valence-electron chi connectivity index (χ2n) is 7.45. The van der Waals surface area contributed by atoms with Crippen molar-refractivity contribution in [2.45, 2.75) is 19.4 Å². The van der Waals surface area contributed by atoms with Gasteiger partial charge < -0.3 is 10.2 Å². The van der Waals surface area contributed by atoms with Gasteiger partial charge in [0.25, 0.3) is 0 Å². The fraction of sp³-hybridized carbons (Fsp3) is 0.261. The van der Waals surface area contributed by atoms with Crippen molar-refractivity contribution in [3.05, 3.63) is 75.4 Å². The second-order valence-corrected chi connectivity index (χ2v) is 8.68. The summed E-state index contributed by atoms with van der Waals surface area (Å²) in [5.74, 6) is 1.37. The highest BCUT2D eigenvalue weighted by atomic mass is 35.5. The number of rotatable bonds is 5. The lowest BCUT2D eigenvalue weighted by atomic mass is 9.96. The van der Waals surface area contributed by atoms with Crippen molar-refractivity contribution in [3.63, 3.8) is 0 Å². The molecule has 5 nitrogen and oxygen atoms in total. The maximum atomic E-state index is 12.6. The number of hydrogen-bond acceptors (Lipinski definition) is 4. The number of piperidine rings is 1. The van der Waals surface area contributed by atoms with E-state index in [2.05, 4.69) is 15.2 Å². The summed E-state index contributed by atoms with van der Waals surface area (Å²) in [6, 6.07) is 16.8. The molecule has 31 heavy (non-hydrogen) atoms. The largest absolute Gasteiger partial charge is 0.356 e. The molecule has 0 atom stereocenters. The van der Waals surface area contributed by atoms with Crippen LogP contribution >= 0.6 is 34.8 Å². The van der Waals surface area contributed by atoms with Crippen LogP contribution in [-0.2, 0) is 11.3 Å². The lowest BCUT2D eigenvalue weighted by molar-refractivity contribution is -0.125. The molecule has 2 aromatic carbocycles.